The summed E-state index contributed by atoms with van der Waals surface area (Å²) in [5, 5.41) is 8.36. The van der Waals surface area contributed by atoms with Crippen LogP contribution in [0.2, 0.25) is 0 Å². The lowest BCUT2D eigenvalue weighted by atomic mass is 10.1. The summed E-state index contributed by atoms with van der Waals surface area (Å²) >= 11 is 1.48. The molecule has 0 saturated carbocycles. The van der Waals surface area contributed by atoms with Crippen LogP contribution < -0.4 is 10.6 Å². The van der Waals surface area contributed by atoms with Crippen LogP contribution >= 0.6 is 11.3 Å². The van der Waals surface area contributed by atoms with Crippen LogP contribution in [0.15, 0.2) is 60.4 Å². The first kappa shape index (κ1) is 14.2. The second-order valence-electron chi connectivity index (χ2n) is 4.54. The number of urea groups is 1. The summed E-state index contributed by atoms with van der Waals surface area (Å²) in [6, 6.07) is 11.1. The van der Waals surface area contributed by atoms with Gasteiger partial charge in [0.05, 0.1) is 10.7 Å². The third-order valence-corrected chi connectivity index (χ3v) is 3.81. The fourth-order valence-electron chi connectivity index (χ4n) is 2.03. The molecule has 0 atom stereocenters. The molecule has 6 heteroatoms. The Balaban J connectivity index is 1.69. The van der Waals surface area contributed by atoms with Crippen molar-refractivity contribution in [2.75, 3.05) is 5.32 Å². The van der Waals surface area contributed by atoms with Gasteiger partial charge in [-0.15, -0.1) is 11.3 Å². The van der Waals surface area contributed by atoms with Crippen LogP contribution in [0.25, 0.3) is 11.3 Å². The number of hydrogen-bond acceptors (Lipinski definition) is 4. The molecular formula is C16H14N4OS. The van der Waals surface area contributed by atoms with Crippen molar-refractivity contribution < 1.29 is 4.79 Å². The molecule has 0 spiro atoms. The number of pyridine rings is 2. The number of carbonyl (C=O) groups is 1. The minimum Gasteiger partial charge on any atom is -0.334 e. The van der Waals surface area contributed by atoms with E-state index >= 15 is 0 Å². The molecule has 0 bridgehead atoms. The minimum atomic E-state index is -0.233. The summed E-state index contributed by atoms with van der Waals surface area (Å²) < 4.78 is 0. The highest BCUT2D eigenvalue weighted by Crippen LogP contribution is 2.20. The van der Waals surface area contributed by atoms with E-state index in [2.05, 4.69) is 20.6 Å². The zero-order valence-corrected chi connectivity index (χ0v) is 12.5. The number of thiophene rings is 1. The number of carbonyl (C=O) groups excluding carboxylic acids is 1. The van der Waals surface area contributed by atoms with Gasteiger partial charge in [0, 0.05) is 30.7 Å². The Kier molecular flexibility index (Phi) is 4.41. The molecule has 0 aliphatic rings. The van der Waals surface area contributed by atoms with Crippen LogP contribution in [0.3, 0.4) is 0 Å². The summed E-state index contributed by atoms with van der Waals surface area (Å²) in [4.78, 5) is 20.4. The monoisotopic (exact) mass is 310 g/mol. The number of anilines is 1. The number of amides is 2. The Morgan fingerprint density at radius 2 is 2.05 bits per heavy atom. The molecule has 110 valence electrons. The van der Waals surface area contributed by atoms with Crippen molar-refractivity contribution in [2.24, 2.45) is 0 Å². The fourth-order valence-corrected chi connectivity index (χ4v) is 2.64. The zero-order valence-electron chi connectivity index (χ0n) is 11.7. The number of rotatable bonds is 4. The molecule has 3 aromatic rings. The van der Waals surface area contributed by atoms with Gasteiger partial charge in [-0.1, -0.05) is 6.07 Å². The van der Waals surface area contributed by atoms with Crippen LogP contribution in [0.1, 0.15) is 5.56 Å². The molecule has 0 fully saturated rings. The van der Waals surface area contributed by atoms with Gasteiger partial charge < -0.3 is 5.32 Å². The fraction of sp³-hybridized carbons (Fsp3) is 0.0625. The maximum atomic E-state index is 11.9. The molecule has 22 heavy (non-hydrogen) atoms. The highest BCUT2D eigenvalue weighted by molar-refractivity contribution is 7.14. The maximum absolute atomic E-state index is 11.9. The van der Waals surface area contributed by atoms with Crippen LogP contribution in [0.5, 0.6) is 0 Å². The van der Waals surface area contributed by atoms with Crippen molar-refractivity contribution >= 4 is 22.4 Å². The Bertz CT molecular complexity index is 744. The number of hydrogen-bond donors (Lipinski definition) is 2. The summed E-state index contributed by atoms with van der Waals surface area (Å²) in [6.07, 6.45) is 5.22. The van der Waals surface area contributed by atoms with Crippen molar-refractivity contribution in [3.05, 3.63) is 65.9 Å². The van der Waals surface area contributed by atoms with Crippen molar-refractivity contribution in [1.82, 2.24) is 15.3 Å². The first-order valence-corrected chi connectivity index (χ1v) is 7.63. The zero-order chi connectivity index (χ0) is 15.2. The highest BCUT2D eigenvalue weighted by atomic mass is 32.1. The van der Waals surface area contributed by atoms with Crippen LogP contribution in [0, 0.1) is 0 Å². The lowest BCUT2D eigenvalue weighted by Gasteiger charge is -2.10. The van der Waals surface area contributed by atoms with E-state index in [9.17, 15) is 4.79 Å². The smallest absolute Gasteiger partial charge is 0.320 e. The van der Waals surface area contributed by atoms with Crippen LogP contribution in [-0.4, -0.2) is 16.0 Å². The van der Waals surface area contributed by atoms with Crippen LogP contribution in [0.4, 0.5) is 9.80 Å². The minimum absolute atomic E-state index is 0.233. The second-order valence-corrected chi connectivity index (χ2v) is 5.49. The van der Waals surface area contributed by atoms with Gasteiger partial charge in [-0.25, -0.2) is 4.79 Å². The normalized spacial score (nSPS) is 10.2. The molecule has 0 radical (unpaired) electrons. The van der Waals surface area contributed by atoms with E-state index < -0.39 is 0 Å². The van der Waals surface area contributed by atoms with Gasteiger partial charge in [-0.3, -0.25) is 15.3 Å². The Hall–Kier alpha value is -2.73. The van der Waals surface area contributed by atoms with Gasteiger partial charge in [-0.2, -0.15) is 0 Å². The molecule has 3 aromatic heterocycles. The summed E-state index contributed by atoms with van der Waals surface area (Å²) in [5.41, 5.74) is 2.70. The molecule has 0 unspecified atom stereocenters. The average molecular weight is 310 g/mol. The molecule has 3 heterocycles. The number of nitrogens with zero attached hydrogens (tertiary/aromatic N) is 2. The largest absolute Gasteiger partial charge is 0.334 e. The van der Waals surface area contributed by atoms with Crippen molar-refractivity contribution in [2.45, 2.75) is 6.54 Å². The lowest BCUT2D eigenvalue weighted by Crippen LogP contribution is -2.28. The molecular weight excluding hydrogens is 296 g/mol. The third-order valence-electron chi connectivity index (χ3n) is 3.02. The predicted molar refractivity (Wildman–Crippen MR) is 87.6 cm³/mol. The molecule has 0 aliphatic carbocycles. The van der Waals surface area contributed by atoms with Crippen molar-refractivity contribution in [3.8, 4) is 11.3 Å². The van der Waals surface area contributed by atoms with E-state index in [0.717, 1.165) is 21.8 Å². The summed E-state index contributed by atoms with van der Waals surface area (Å²) in [7, 11) is 0. The topological polar surface area (TPSA) is 66.9 Å². The molecule has 5 nitrogen and oxygen atoms in total. The number of aromatic nitrogens is 2. The molecule has 0 aliphatic heterocycles. The highest BCUT2D eigenvalue weighted by Gasteiger charge is 2.08. The maximum Gasteiger partial charge on any atom is 0.320 e. The van der Waals surface area contributed by atoms with Gasteiger partial charge in [0.15, 0.2) is 0 Å². The molecule has 3 rings (SSSR count). The second kappa shape index (κ2) is 6.82. The first-order valence-electron chi connectivity index (χ1n) is 6.75. The van der Waals surface area contributed by atoms with E-state index in [-0.39, 0.29) is 6.03 Å². The van der Waals surface area contributed by atoms with E-state index in [1.807, 2.05) is 41.8 Å². The molecule has 2 N–H and O–H groups in total. The van der Waals surface area contributed by atoms with Gasteiger partial charge in [0.2, 0.25) is 0 Å². The van der Waals surface area contributed by atoms with E-state index in [1.54, 1.807) is 18.6 Å². The van der Waals surface area contributed by atoms with Gasteiger partial charge in [0.25, 0.3) is 0 Å². The molecule has 0 aromatic carbocycles. The molecule has 0 saturated heterocycles. The Morgan fingerprint density at radius 3 is 2.82 bits per heavy atom. The van der Waals surface area contributed by atoms with E-state index in [0.29, 0.717) is 6.54 Å². The van der Waals surface area contributed by atoms with Crippen molar-refractivity contribution in [3.63, 3.8) is 0 Å². The average Bonchev–Trinajstić information content (AvgIpc) is 3.07. The Labute approximate surface area is 132 Å². The first-order chi connectivity index (χ1) is 10.8. The van der Waals surface area contributed by atoms with E-state index in [1.165, 1.54) is 11.3 Å². The van der Waals surface area contributed by atoms with E-state index in [4.69, 9.17) is 0 Å². The summed E-state index contributed by atoms with van der Waals surface area (Å²) in [5.74, 6) is 0. The van der Waals surface area contributed by atoms with Gasteiger partial charge in [-0.05, 0) is 41.3 Å². The van der Waals surface area contributed by atoms with Crippen LogP contribution in [-0.2, 0) is 6.54 Å². The SMILES string of the molecule is O=C(NCc1cccnc1-c1cccnc1)Nc1cccs1. The number of nitrogens with one attached hydrogen (secondary N) is 2. The van der Waals surface area contributed by atoms with Crippen molar-refractivity contribution in [1.29, 1.82) is 0 Å². The molecule has 2 amide bonds. The van der Waals surface area contributed by atoms with Gasteiger partial charge in [0.1, 0.15) is 0 Å². The Morgan fingerprint density at radius 1 is 1.14 bits per heavy atom. The lowest BCUT2D eigenvalue weighted by molar-refractivity contribution is 0.252. The quantitative estimate of drug-likeness (QED) is 0.774. The summed E-state index contributed by atoms with van der Waals surface area (Å²) in [6.45, 7) is 0.398. The third kappa shape index (κ3) is 3.48. The predicted octanol–water partition coefficient (Wildman–Crippen LogP) is 3.53. The standard InChI is InChI=1S/C16H14N4OS/c21-16(20-14-6-3-9-22-14)19-11-13-5-2-8-18-15(13)12-4-1-7-17-10-12/h1-10H,11H2,(H2,19,20,21). The van der Waals surface area contributed by atoms with Gasteiger partial charge >= 0.3 is 6.03 Å².